The van der Waals surface area contributed by atoms with Crippen molar-refractivity contribution in [3.05, 3.63) is 45.4 Å². The smallest absolute Gasteiger partial charge is 0.200 e. The van der Waals surface area contributed by atoms with Gasteiger partial charge in [-0.05, 0) is 18.4 Å². The number of hydrogen-bond acceptors (Lipinski definition) is 5. The van der Waals surface area contributed by atoms with Crippen LogP contribution in [0.15, 0.2) is 38.9 Å². The molecule has 0 radical (unpaired) electrons. The highest BCUT2D eigenvalue weighted by atomic mass is 32.1. The van der Waals surface area contributed by atoms with Crippen LogP contribution in [0.3, 0.4) is 0 Å². The average molecular weight is 274 g/mol. The Morgan fingerprint density at radius 3 is 2.74 bits per heavy atom. The summed E-state index contributed by atoms with van der Waals surface area (Å²) in [6, 6.07) is 6.17. The third-order valence-electron chi connectivity index (χ3n) is 2.93. The summed E-state index contributed by atoms with van der Waals surface area (Å²) in [7, 11) is 0. The summed E-state index contributed by atoms with van der Waals surface area (Å²) in [5, 5.41) is 21.2. The minimum Gasteiger partial charge on any atom is -0.508 e. The molecule has 3 aromatic rings. The highest BCUT2D eigenvalue weighted by Gasteiger charge is 2.16. The van der Waals surface area contributed by atoms with Crippen molar-refractivity contribution in [3.63, 3.8) is 0 Å². The van der Waals surface area contributed by atoms with E-state index in [9.17, 15) is 15.0 Å². The Balaban J connectivity index is 2.45. The first-order valence-corrected chi connectivity index (χ1v) is 6.49. The van der Waals surface area contributed by atoms with E-state index < -0.39 is 0 Å². The van der Waals surface area contributed by atoms with Crippen molar-refractivity contribution in [1.82, 2.24) is 0 Å². The molecule has 96 valence electrons. The summed E-state index contributed by atoms with van der Waals surface area (Å²) in [4.78, 5) is 13.1. The van der Waals surface area contributed by atoms with Crippen LogP contribution in [0.25, 0.3) is 21.6 Å². The van der Waals surface area contributed by atoms with E-state index in [0.29, 0.717) is 11.3 Å². The molecule has 2 aromatic heterocycles. The zero-order valence-corrected chi connectivity index (χ0v) is 10.8. The average Bonchev–Trinajstić information content (AvgIpc) is 2.86. The lowest BCUT2D eigenvalue weighted by Crippen LogP contribution is -2.07. The minimum atomic E-state index is -0.290. The van der Waals surface area contributed by atoms with Gasteiger partial charge in [0.05, 0.1) is 4.88 Å². The Bertz CT molecular complexity index is 816. The number of fused-ring (bicyclic) bond motifs is 1. The molecule has 0 saturated carbocycles. The Morgan fingerprint density at radius 1 is 1.26 bits per heavy atom. The molecule has 0 fully saturated rings. The fourth-order valence-corrected chi connectivity index (χ4v) is 2.78. The summed E-state index contributed by atoms with van der Waals surface area (Å²) in [6.45, 7) is 1.66. The van der Waals surface area contributed by atoms with Crippen molar-refractivity contribution in [2.24, 2.45) is 0 Å². The van der Waals surface area contributed by atoms with Gasteiger partial charge in [0.2, 0.25) is 0 Å². The van der Waals surface area contributed by atoms with Gasteiger partial charge < -0.3 is 14.6 Å². The molecule has 1 aromatic carbocycles. The van der Waals surface area contributed by atoms with Gasteiger partial charge in [0.1, 0.15) is 22.5 Å². The van der Waals surface area contributed by atoms with Crippen LogP contribution in [0.1, 0.15) is 5.56 Å². The van der Waals surface area contributed by atoms with Crippen molar-refractivity contribution in [2.45, 2.75) is 6.92 Å². The Hall–Kier alpha value is -2.27. The molecule has 3 rings (SSSR count). The molecule has 0 amide bonds. The number of hydrogen-bond donors (Lipinski definition) is 2. The van der Waals surface area contributed by atoms with Crippen LogP contribution in [0, 0.1) is 6.92 Å². The van der Waals surface area contributed by atoms with Crippen LogP contribution < -0.4 is 5.43 Å². The van der Waals surface area contributed by atoms with Crippen LogP contribution in [0.5, 0.6) is 11.5 Å². The number of phenols is 2. The third kappa shape index (κ3) is 1.79. The quantitative estimate of drug-likeness (QED) is 0.714. The number of rotatable bonds is 1. The number of benzene rings is 1. The molecule has 4 nitrogen and oxygen atoms in total. The first-order chi connectivity index (χ1) is 9.08. The molecule has 0 unspecified atom stereocenters. The van der Waals surface area contributed by atoms with Gasteiger partial charge in [-0.2, -0.15) is 0 Å². The van der Waals surface area contributed by atoms with Gasteiger partial charge in [-0.1, -0.05) is 6.07 Å². The monoisotopic (exact) mass is 274 g/mol. The van der Waals surface area contributed by atoms with Gasteiger partial charge in [-0.25, -0.2) is 0 Å². The molecule has 0 aliphatic carbocycles. The normalized spacial score (nSPS) is 11.0. The maximum Gasteiger partial charge on any atom is 0.200 e. The lowest BCUT2D eigenvalue weighted by atomic mass is 10.1. The second-order valence-corrected chi connectivity index (χ2v) is 5.15. The van der Waals surface area contributed by atoms with E-state index >= 15 is 0 Å². The molecule has 5 heteroatoms. The Morgan fingerprint density at radius 2 is 2.05 bits per heavy atom. The van der Waals surface area contributed by atoms with E-state index in [1.54, 1.807) is 6.92 Å². The van der Waals surface area contributed by atoms with Gasteiger partial charge in [0, 0.05) is 17.7 Å². The molecule has 0 saturated heterocycles. The third-order valence-corrected chi connectivity index (χ3v) is 3.80. The SMILES string of the molecule is Cc1c(-c2cccs2)oc2cc(O)cc(O)c2c1=O. The van der Waals surface area contributed by atoms with E-state index in [-0.39, 0.29) is 27.9 Å². The molecule has 0 atom stereocenters. The molecule has 0 aliphatic heterocycles. The Labute approximate surface area is 112 Å². The van der Waals surface area contributed by atoms with Crippen LogP contribution in [0.4, 0.5) is 0 Å². The minimum absolute atomic E-state index is 0.0932. The zero-order chi connectivity index (χ0) is 13.6. The van der Waals surface area contributed by atoms with E-state index in [1.165, 1.54) is 17.4 Å². The van der Waals surface area contributed by atoms with Crippen LogP contribution in [0.2, 0.25) is 0 Å². The number of phenolic OH excluding ortho intramolecular Hbond substituents is 2. The van der Waals surface area contributed by atoms with Crippen LogP contribution in [-0.2, 0) is 0 Å². The molecule has 19 heavy (non-hydrogen) atoms. The molecule has 0 aliphatic rings. The van der Waals surface area contributed by atoms with Gasteiger partial charge in [0.25, 0.3) is 0 Å². The van der Waals surface area contributed by atoms with Crippen molar-refractivity contribution >= 4 is 22.3 Å². The zero-order valence-electron chi connectivity index (χ0n) is 10.0. The first kappa shape index (κ1) is 11.8. The first-order valence-electron chi connectivity index (χ1n) is 5.61. The molecular weight excluding hydrogens is 264 g/mol. The summed E-state index contributed by atoms with van der Waals surface area (Å²) in [5.41, 5.74) is 0.328. The van der Waals surface area contributed by atoms with E-state index in [2.05, 4.69) is 0 Å². The van der Waals surface area contributed by atoms with Crippen molar-refractivity contribution < 1.29 is 14.6 Å². The summed E-state index contributed by atoms with van der Waals surface area (Å²) >= 11 is 1.46. The fraction of sp³-hybridized carbons (Fsp3) is 0.0714. The van der Waals surface area contributed by atoms with E-state index in [0.717, 1.165) is 10.9 Å². The summed E-state index contributed by atoms with van der Waals surface area (Å²) in [5.74, 6) is 0.0520. The highest BCUT2D eigenvalue weighted by Crippen LogP contribution is 2.33. The van der Waals surface area contributed by atoms with E-state index in [4.69, 9.17) is 4.42 Å². The predicted octanol–water partition coefficient (Wildman–Crippen LogP) is 3.24. The fourth-order valence-electron chi connectivity index (χ4n) is 2.02. The van der Waals surface area contributed by atoms with Crippen molar-refractivity contribution in [2.75, 3.05) is 0 Å². The number of thiophene rings is 1. The second kappa shape index (κ2) is 4.13. The lowest BCUT2D eigenvalue weighted by Gasteiger charge is -2.06. The predicted molar refractivity (Wildman–Crippen MR) is 73.9 cm³/mol. The number of aromatic hydroxyl groups is 2. The standard InChI is InChI=1S/C14H10O4S/c1-7-13(17)12-9(16)5-8(15)6-10(12)18-14(7)11-3-2-4-19-11/h2-6,15-16H,1H3. The molecule has 2 heterocycles. The maximum atomic E-state index is 12.3. The van der Waals surface area contributed by atoms with Gasteiger partial charge in [0.15, 0.2) is 11.2 Å². The molecule has 0 bridgehead atoms. The topological polar surface area (TPSA) is 70.7 Å². The summed E-state index contributed by atoms with van der Waals surface area (Å²) < 4.78 is 5.67. The van der Waals surface area contributed by atoms with E-state index in [1.807, 2.05) is 17.5 Å². The lowest BCUT2D eigenvalue weighted by molar-refractivity contribution is 0.452. The molecule has 0 spiro atoms. The van der Waals surface area contributed by atoms with Gasteiger partial charge >= 0.3 is 0 Å². The largest absolute Gasteiger partial charge is 0.508 e. The van der Waals surface area contributed by atoms with Crippen molar-refractivity contribution in [3.8, 4) is 22.1 Å². The van der Waals surface area contributed by atoms with Crippen molar-refractivity contribution in [1.29, 1.82) is 0 Å². The van der Waals surface area contributed by atoms with Gasteiger partial charge in [-0.15, -0.1) is 11.3 Å². The maximum absolute atomic E-state index is 12.3. The Kier molecular flexibility index (Phi) is 2.57. The molecular formula is C14H10O4S. The molecule has 2 N–H and O–H groups in total. The van der Waals surface area contributed by atoms with Crippen LogP contribution >= 0.6 is 11.3 Å². The second-order valence-electron chi connectivity index (χ2n) is 4.20. The highest BCUT2D eigenvalue weighted by molar-refractivity contribution is 7.13. The van der Waals surface area contributed by atoms with Crippen LogP contribution in [-0.4, -0.2) is 10.2 Å². The summed E-state index contributed by atoms with van der Waals surface area (Å²) in [6.07, 6.45) is 0. The van der Waals surface area contributed by atoms with Gasteiger partial charge in [-0.3, -0.25) is 4.79 Å².